The summed E-state index contributed by atoms with van der Waals surface area (Å²) >= 11 is 0. The summed E-state index contributed by atoms with van der Waals surface area (Å²) in [6, 6.07) is 12.1. The van der Waals surface area contributed by atoms with E-state index >= 15 is 0 Å². The fourth-order valence-electron chi connectivity index (χ4n) is 4.96. The van der Waals surface area contributed by atoms with Gasteiger partial charge in [-0.25, -0.2) is 15.0 Å². The summed E-state index contributed by atoms with van der Waals surface area (Å²) in [5.74, 6) is 2.73. The third-order valence-corrected chi connectivity index (χ3v) is 6.70. The number of aromatic amines is 1. The van der Waals surface area contributed by atoms with Crippen LogP contribution in [-0.4, -0.2) is 56.9 Å². The molecule has 2 aliphatic rings. The molecule has 0 bridgehead atoms. The lowest BCUT2D eigenvalue weighted by Crippen LogP contribution is -2.44. The zero-order chi connectivity index (χ0) is 22.2. The first-order chi connectivity index (χ1) is 16.2. The number of oxazole rings is 1. The quantitative estimate of drug-likeness (QED) is 0.511. The van der Waals surface area contributed by atoms with E-state index in [2.05, 4.69) is 14.9 Å². The molecular weight excluding hydrogens is 416 g/mol. The number of fused-ring (bicyclic) bond motifs is 1. The topological polar surface area (TPSA) is 91.2 Å². The van der Waals surface area contributed by atoms with Crippen molar-refractivity contribution in [2.75, 3.05) is 31.1 Å². The van der Waals surface area contributed by atoms with Gasteiger partial charge in [-0.3, -0.25) is 4.79 Å². The SMILES string of the molecule is O=C([C@@H]1CCCN(c2ccc3[nH]c(-c4cccc(-c5cnco5)c4)nc3n2)C1)N1CCCC1. The van der Waals surface area contributed by atoms with E-state index in [0.717, 1.165) is 85.9 Å². The molecule has 168 valence electrons. The number of nitrogens with zero attached hydrogens (tertiary/aromatic N) is 5. The summed E-state index contributed by atoms with van der Waals surface area (Å²) in [4.78, 5) is 34.2. The van der Waals surface area contributed by atoms with Crippen LogP contribution in [0.4, 0.5) is 5.82 Å². The minimum atomic E-state index is 0.0583. The number of carbonyl (C=O) groups is 1. The number of rotatable bonds is 4. The molecule has 0 radical (unpaired) electrons. The standard InChI is InChI=1S/C25H26N6O2/c32-25(30-10-1-2-11-30)19-7-4-12-31(15-19)22-9-8-20-24(28-22)29-23(27-20)18-6-3-5-17(13-18)21-14-26-16-33-21/h3,5-6,8-9,13-14,16,19H,1-2,4,7,10-12,15H2,(H,27,28,29)/t19-/m1/s1. The van der Waals surface area contributed by atoms with Crippen LogP contribution in [0.25, 0.3) is 33.9 Å². The number of hydrogen-bond donors (Lipinski definition) is 1. The maximum absolute atomic E-state index is 12.9. The van der Waals surface area contributed by atoms with Gasteiger partial charge in [0.2, 0.25) is 5.91 Å². The summed E-state index contributed by atoms with van der Waals surface area (Å²) in [5.41, 5.74) is 3.47. The highest BCUT2D eigenvalue weighted by Crippen LogP contribution is 2.28. The number of H-pyrrole nitrogens is 1. The molecule has 0 aliphatic carbocycles. The van der Waals surface area contributed by atoms with Crippen molar-refractivity contribution in [2.45, 2.75) is 25.7 Å². The molecule has 8 heteroatoms. The monoisotopic (exact) mass is 442 g/mol. The van der Waals surface area contributed by atoms with Crippen LogP contribution in [0.1, 0.15) is 25.7 Å². The molecule has 1 amide bonds. The second-order valence-corrected chi connectivity index (χ2v) is 8.89. The Bertz CT molecular complexity index is 1280. The van der Waals surface area contributed by atoms with E-state index in [9.17, 15) is 4.79 Å². The van der Waals surface area contributed by atoms with Crippen molar-refractivity contribution in [3.05, 3.63) is 49.0 Å². The van der Waals surface area contributed by atoms with Gasteiger partial charge in [0.15, 0.2) is 17.8 Å². The predicted molar refractivity (Wildman–Crippen MR) is 126 cm³/mol. The third-order valence-electron chi connectivity index (χ3n) is 6.70. The van der Waals surface area contributed by atoms with E-state index in [-0.39, 0.29) is 5.92 Å². The molecule has 33 heavy (non-hydrogen) atoms. The van der Waals surface area contributed by atoms with Crippen molar-refractivity contribution < 1.29 is 9.21 Å². The van der Waals surface area contributed by atoms with E-state index in [4.69, 9.17) is 14.4 Å². The van der Waals surface area contributed by atoms with Crippen molar-refractivity contribution in [3.8, 4) is 22.7 Å². The van der Waals surface area contributed by atoms with E-state index in [1.807, 2.05) is 41.3 Å². The average Bonchev–Trinajstić information content (AvgIpc) is 3.65. The number of imidazole rings is 1. The fourth-order valence-corrected chi connectivity index (χ4v) is 4.96. The van der Waals surface area contributed by atoms with Gasteiger partial charge >= 0.3 is 0 Å². The van der Waals surface area contributed by atoms with Crippen LogP contribution in [-0.2, 0) is 4.79 Å². The number of benzene rings is 1. The Balaban J connectivity index is 1.24. The molecule has 4 aromatic rings. The van der Waals surface area contributed by atoms with Crippen LogP contribution in [0.2, 0.25) is 0 Å². The van der Waals surface area contributed by atoms with Gasteiger partial charge in [0.1, 0.15) is 11.6 Å². The Kier molecular flexibility index (Phi) is 5.05. The second-order valence-electron chi connectivity index (χ2n) is 8.89. The molecule has 2 saturated heterocycles. The number of amides is 1. The molecule has 2 aliphatic heterocycles. The number of aromatic nitrogens is 4. The molecule has 1 aromatic carbocycles. The first-order valence-corrected chi connectivity index (χ1v) is 11.6. The van der Waals surface area contributed by atoms with Crippen LogP contribution >= 0.6 is 0 Å². The van der Waals surface area contributed by atoms with Crippen molar-refractivity contribution >= 4 is 22.9 Å². The van der Waals surface area contributed by atoms with Gasteiger partial charge in [0.25, 0.3) is 0 Å². The van der Waals surface area contributed by atoms with Crippen LogP contribution in [0.3, 0.4) is 0 Å². The largest absolute Gasteiger partial charge is 0.444 e. The van der Waals surface area contributed by atoms with Gasteiger partial charge in [-0.2, -0.15) is 0 Å². The van der Waals surface area contributed by atoms with Crippen molar-refractivity contribution in [1.29, 1.82) is 0 Å². The number of piperidine rings is 1. The summed E-state index contributed by atoms with van der Waals surface area (Å²) in [6.07, 6.45) is 7.35. The lowest BCUT2D eigenvalue weighted by molar-refractivity contribution is -0.134. The predicted octanol–water partition coefficient (Wildman–Crippen LogP) is 4.12. The molecule has 2 fully saturated rings. The van der Waals surface area contributed by atoms with Crippen LogP contribution in [0.15, 0.2) is 53.4 Å². The van der Waals surface area contributed by atoms with E-state index in [1.54, 1.807) is 6.20 Å². The normalized spacial score (nSPS) is 18.8. The smallest absolute Gasteiger partial charge is 0.227 e. The molecule has 0 spiro atoms. The average molecular weight is 443 g/mol. The number of hydrogen-bond acceptors (Lipinski definition) is 6. The molecule has 0 unspecified atom stereocenters. The molecule has 3 aromatic heterocycles. The first-order valence-electron chi connectivity index (χ1n) is 11.6. The van der Waals surface area contributed by atoms with Gasteiger partial charge in [-0.15, -0.1) is 0 Å². The Morgan fingerprint density at radius 2 is 1.91 bits per heavy atom. The highest BCUT2D eigenvalue weighted by atomic mass is 16.3. The van der Waals surface area contributed by atoms with Gasteiger partial charge in [-0.05, 0) is 43.9 Å². The number of likely N-dealkylation sites (tertiary alicyclic amines) is 1. The Morgan fingerprint density at radius 1 is 1.03 bits per heavy atom. The second kappa shape index (κ2) is 8.35. The van der Waals surface area contributed by atoms with E-state index in [1.165, 1.54) is 6.39 Å². The first kappa shape index (κ1) is 20.0. The fraction of sp³-hybridized carbons (Fsp3) is 0.360. The summed E-state index contributed by atoms with van der Waals surface area (Å²) in [7, 11) is 0. The van der Waals surface area contributed by atoms with Crippen LogP contribution < -0.4 is 4.90 Å². The lowest BCUT2D eigenvalue weighted by Gasteiger charge is -2.34. The summed E-state index contributed by atoms with van der Waals surface area (Å²) < 4.78 is 5.42. The van der Waals surface area contributed by atoms with Crippen molar-refractivity contribution in [2.24, 2.45) is 5.92 Å². The number of carbonyl (C=O) groups excluding carboxylic acids is 1. The van der Waals surface area contributed by atoms with Crippen LogP contribution in [0, 0.1) is 5.92 Å². The molecule has 8 nitrogen and oxygen atoms in total. The number of nitrogens with one attached hydrogen (secondary N) is 1. The summed E-state index contributed by atoms with van der Waals surface area (Å²) in [5, 5.41) is 0. The molecule has 5 heterocycles. The molecule has 1 N–H and O–H groups in total. The number of pyridine rings is 1. The Labute approximate surface area is 191 Å². The Morgan fingerprint density at radius 3 is 2.76 bits per heavy atom. The zero-order valence-corrected chi connectivity index (χ0v) is 18.4. The van der Waals surface area contributed by atoms with Crippen molar-refractivity contribution in [3.63, 3.8) is 0 Å². The Hall–Kier alpha value is -3.68. The third kappa shape index (κ3) is 3.86. The number of anilines is 1. The zero-order valence-electron chi connectivity index (χ0n) is 18.4. The highest BCUT2D eigenvalue weighted by molar-refractivity contribution is 5.81. The van der Waals surface area contributed by atoms with Gasteiger partial charge < -0.3 is 19.2 Å². The molecule has 1 atom stereocenters. The van der Waals surface area contributed by atoms with E-state index in [0.29, 0.717) is 11.6 Å². The van der Waals surface area contributed by atoms with E-state index < -0.39 is 0 Å². The maximum atomic E-state index is 12.9. The maximum Gasteiger partial charge on any atom is 0.227 e. The van der Waals surface area contributed by atoms with Gasteiger partial charge in [0.05, 0.1) is 17.6 Å². The minimum Gasteiger partial charge on any atom is -0.444 e. The molecule has 0 saturated carbocycles. The highest BCUT2D eigenvalue weighted by Gasteiger charge is 2.31. The minimum absolute atomic E-state index is 0.0583. The molecular formula is C25H26N6O2. The molecule has 6 rings (SSSR count). The van der Waals surface area contributed by atoms with Gasteiger partial charge in [0, 0.05) is 37.3 Å². The van der Waals surface area contributed by atoms with Crippen molar-refractivity contribution in [1.82, 2.24) is 24.8 Å². The van der Waals surface area contributed by atoms with Gasteiger partial charge in [-0.1, -0.05) is 18.2 Å². The summed E-state index contributed by atoms with van der Waals surface area (Å²) in [6.45, 7) is 3.46. The lowest BCUT2D eigenvalue weighted by atomic mass is 9.96. The van der Waals surface area contributed by atoms with Crippen LogP contribution in [0.5, 0.6) is 0 Å².